The number of aryl methyl sites for hydroxylation is 1. The molecule has 0 amide bonds. The van der Waals surface area contributed by atoms with E-state index in [1.165, 1.54) is 10.8 Å². The largest absolute Gasteiger partial charge is 0.437 e. The first-order chi connectivity index (χ1) is 9.56. The average Bonchev–Trinajstić information content (AvgIpc) is 2.85. The van der Waals surface area contributed by atoms with Crippen LogP contribution in [0.1, 0.15) is 11.1 Å². The van der Waals surface area contributed by atoms with Crippen molar-refractivity contribution in [2.45, 2.75) is 13.8 Å². The van der Waals surface area contributed by atoms with Crippen LogP contribution in [-0.2, 0) is 0 Å². The molecule has 3 aromatic rings. The first kappa shape index (κ1) is 13.1. The van der Waals surface area contributed by atoms with E-state index in [1.807, 2.05) is 19.1 Å². The predicted octanol–water partition coefficient (Wildman–Crippen LogP) is 3.84. The highest BCUT2D eigenvalue weighted by atomic mass is 35.5. The van der Waals surface area contributed by atoms with Crippen molar-refractivity contribution in [3.8, 4) is 11.6 Å². The molecular formula is C13H10Cl2N4O. The summed E-state index contributed by atoms with van der Waals surface area (Å²) in [5.74, 6) is 1.35. The van der Waals surface area contributed by atoms with Crippen LogP contribution in [0.2, 0.25) is 10.2 Å². The monoisotopic (exact) mass is 308 g/mol. The molecule has 7 heteroatoms. The van der Waals surface area contributed by atoms with Crippen LogP contribution in [0.4, 0.5) is 0 Å². The molecule has 5 nitrogen and oxygen atoms in total. The van der Waals surface area contributed by atoms with Crippen molar-refractivity contribution in [3.63, 3.8) is 0 Å². The van der Waals surface area contributed by atoms with E-state index >= 15 is 0 Å². The van der Waals surface area contributed by atoms with Crippen LogP contribution >= 0.6 is 23.2 Å². The summed E-state index contributed by atoms with van der Waals surface area (Å²) in [6.07, 6.45) is 1.39. The maximum atomic E-state index is 6.18. The maximum Gasteiger partial charge on any atom is 0.256 e. The predicted molar refractivity (Wildman–Crippen MR) is 76.8 cm³/mol. The lowest BCUT2D eigenvalue weighted by Crippen LogP contribution is -2.01. The molecule has 0 fully saturated rings. The van der Waals surface area contributed by atoms with E-state index < -0.39 is 0 Å². The highest BCUT2D eigenvalue weighted by Crippen LogP contribution is 2.33. The van der Waals surface area contributed by atoms with Gasteiger partial charge in [0.25, 0.3) is 5.78 Å². The lowest BCUT2D eigenvalue weighted by atomic mass is 10.2. The first-order valence-corrected chi connectivity index (χ1v) is 6.61. The topological polar surface area (TPSA) is 52.3 Å². The van der Waals surface area contributed by atoms with Gasteiger partial charge in [-0.05, 0) is 31.5 Å². The fourth-order valence-electron chi connectivity index (χ4n) is 1.79. The maximum absolute atomic E-state index is 6.18. The van der Waals surface area contributed by atoms with Crippen LogP contribution in [0, 0.1) is 13.8 Å². The molecule has 0 aliphatic rings. The smallest absolute Gasteiger partial charge is 0.256 e. The van der Waals surface area contributed by atoms with Gasteiger partial charge >= 0.3 is 0 Å². The van der Waals surface area contributed by atoms with Gasteiger partial charge in [0.15, 0.2) is 0 Å². The lowest BCUT2D eigenvalue weighted by molar-refractivity contribution is 0.442. The fraction of sp³-hybridized carbons (Fsp3) is 0.154. The number of nitrogens with zero attached hydrogens (tertiary/aromatic N) is 4. The summed E-state index contributed by atoms with van der Waals surface area (Å²) in [6.45, 7) is 3.76. The molecule has 0 atom stereocenters. The van der Waals surface area contributed by atoms with Crippen LogP contribution in [0.25, 0.3) is 5.78 Å². The minimum Gasteiger partial charge on any atom is -0.437 e. The Balaban J connectivity index is 2.14. The summed E-state index contributed by atoms with van der Waals surface area (Å²) in [5.41, 5.74) is 1.72. The van der Waals surface area contributed by atoms with Crippen LogP contribution < -0.4 is 4.74 Å². The van der Waals surface area contributed by atoms with Gasteiger partial charge in [0.2, 0.25) is 5.88 Å². The van der Waals surface area contributed by atoms with Crippen molar-refractivity contribution in [3.05, 3.63) is 45.8 Å². The van der Waals surface area contributed by atoms with Gasteiger partial charge in [-0.2, -0.15) is 19.6 Å². The summed E-state index contributed by atoms with van der Waals surface area (Å²) in [4.78, 5) is 8.12. The van der Waals surface area contributed by atoms with Gasteiger partial charge in [0.05, 0.1) is 5.02 Å². The van der Waals surface area contributed by atoms with Gasteiger partial charge in [0, 0.05) is 5.56 Å². The normalized spacial score (nSPS) is 11.0. The van der Waals surface area contributed by atoms with Gasteiger partial charge in [0.1, 0.15) is 17.2 Å². The molecule has 3 rings (SSSR count). The van der Waals surface area contributed by atoms with Crippen LogP contribution in [0.3, 0.4) is 0 Å². The zero-order chi connectivity index (χ0) is 14.3. The number of rotatable bonds is 2. The lowest BCUT2D eigenvalue weighted by Gasteiger charge is -2.12. The Morgan fingerprint density at radius 1 is 1.20 bits per heavy atom. The molecule has 2 heterocycles. The van der Waals surface area contributed by atoms with Crippen LogP contribution in [0.15, 0.2) is 24.5 Å². The highest BCUT2D eigenvalue weighted by Gasteiger charge is 2.15. The van der Waals surface area contributed by atoms with E-state index in [4.69, 9.17) is 27.9 Å². The van der Waals surface area contributed by atoms with Gasteiger partial charge in [-0.25, -0.2) is 0 Å². The molecule has 2 aromatic heterocycles. The molecule has 0 N–H and O–H groups in total. The van der Waals surface area contributed by atoms with Gasteiger partial charge in [-0.3, -0.25) is 0 Å². The molecule has 0 radical (unpaired) electrons. The van der Waals surface area contributed by atoms with E-state index in [2.05, 4.69) is 15.1 Å². The molecule has 20 heavy (non-hydrogen) atoms. The number of hydrogen-bond donors (Lipinski definition) is 0. The number of fused-ring (bicyclic) bond motifs is 1. The highest BCUT2D eigenvalue weighted by molar-refractivity contribution is 6.32. The number of benzene rings is 1. The average molecular weight is 309 g/mol. The molecule has 0 unspecified atom stereocenters. The second-order valence-electron chi connectivity index (χ2n) is 4.34. The van der Waals surface area contributed by atoms with Crippen molar-refractivity contribution in [2.75, 3.05) is 0 Å². The Hall–Kier alpha value is -1.85. The summed E-state index contributed by atoms with van der Waals surface area (Å²) in [7, 11) is 0. The zero-order valence-electron chi connectivity index (χ0n) is 10.8. The molecule has 1 aromatic carbocycles. The quantitative estimate of drug-likeness (QED) is 0.675. The molecule has 0 aliphatic carbocycles. The summed E-state index contributed by atoms with van der Waals surface area (Å²) in [5, 5.41) is 4.92. The molecule has 0 aliphatic heterocycles. The number of hydrogen-bond acceptors (Lipinski definition) is 4. The van der Waals surface area contributed by atoms with E-state index in [9.17, 15) is 0 Å². The third-order valence-corrected chi connectivity index (χ3v) is 3.51. The van der Waals surface area contributed by atoms with Gasteiger partial charge in [-0.15, -0.1) is 0 Å². The van der Waals surface area contributed by atoms with Crippen LogP contribution in [0.5, 0.6) is 11.6 Å². The summed E-state index contributed by atoms with van der Waals surface area (Å²) >= 11 is 12.3. The third kappa shape index (κ3) is 2.19. The Bertz CT molecular complexity index is 800. The Kier molecular flexibility index (Phi) is 3.23. The summed E-state index contributed by atoms with van der Waals surface area (Å²) in [6, 6.07) is 5.54. The molecule has 0 saturated heterocycles. The third-order valence-electron chi connectivity index (χ3n) is 2.84. The van der Waals surface area contributed by atoms with Crippen molar-refractivity contribution in [2.24, 2.45) is 0 Å². The number of ether oxygens (including phenoxy) is 1. The van der Waals surface area contributed by atoms with Gasteiger partial charge in [-0.1, -0.05) is 29.3 Å². The number of halogens is 2. The minimum atomic E-state index is 0.323. The first-order valence-electron chi connectivity index (χ1n) is 5.86. The summed E-state index contributed by atoms with van der Waals surface area (Å²) < 4.78 is 7.33. The van der Waals surface area contributed by atoms with Gasteiger partial charge < -0.3 is 4.74 Å². The minimum absolute atomic E-state index is 0.323. The Morgan fingerprint density at radius 2 is 2.00 bits per heavy atom. The zero-order valence-corrected chi connectivity index (χ0v) is 12.3. The molecule has 0 saturated carbocycles. The van der Waals surface area contributed by atoms with Crippen molar-refractivity contribution in [1.82, 2.24) is 19.6 Å². The molecule has 0 spiro atoms. The SMILES string of the molecule is Cc1ccc(Oc2c(C)c(Cl)nc3ncnn23)c(Cl)c1. The van der Waals surface area contributed by atoms with E-state index in [0.717, 1.165) is 5.56 Å². The standard InChI is InChI=1S/C13H10Cl2N4O/c1-7-3-4-10(9(14)5-7)20-12-8(2)11(15)18-13-16-6-17-19(12)13/h3-6H,1-2H3. The van der Waals surface area contributed by atoms with Crippen molar-refractivity contribution >= 4 is 29.0 Å². The van der Waals surface area contributed by atoms with E-state index in [-0.39, 0.29) is 0 Å². The second-order valence-corrected chi connectivity index (χ2v) is 5.11. The number of aromatic nitrogens is 4. The van der Waals surface area contributed by atoms with Crippen LogP contribution in [-0.4, -0.2) is 19.6 Å². The van der Waals surface area contributed by atoms with Crippen molar-refractivity contribution in [1.29, 1.82) is 0 Å². The second kappa shape index (κ2) is 4.92. The van der Waals surface area contributed by atoms with E-state index in [1.54, 1.807) is 13.0 Å². The Labute approximate surface area is 125 Å². The molecular weight excluding hydrogens is 299 g/mol. The van der Waals surface area contributed by atoms with Crippen molar-refractivity contribution < 1.29 is 4.74 Å². The van der Waals surface area contributed by atoms with E-state index in [0.29, 0.717) is 33.1 Å². The molecule has 0 bridgehead atoms. The fourth-order valence-corrected chi connectivity index (χ4v) is 2.22. The Morgan fingerprint density at radius 3 is 2.75 bits per heavy atom. The molecule has 102 valence electrons.